The summed E-state index contributed by atoms with van der Waals surface area (Å²) in [6.07, 6.45) is 1.59. The van der Waals surface area contributed by atoms with Crippen LogP contribution in [0.1, 0.15) is 21.5 Å². The average Bonchev–Trinajstić information content (AvgIpc) is 3.15. The summed E-state index contributed by atoms with van der Waals surface area (Å²) in [5, 5.41) is 1.86. The van der Waals surface area contributed by atoms with Gasteiger partial charge in [0.25, 0.3) is 11.1 Å². The maximum absolute atomic E-state index is 13.1. The summed E-state index contributed by atoms with van der Waals surface area (Å²) in [6.45, 7) is 0.124. The zero-order valence-corrected chi connectivity index (χ0v) is 21.2. The Hall–Kier alpha value is -4.07. The van der Waals surface area contributed by atoms with Crippen LogP contribution in [-0.4, -0.2) is 29.1 Å². The lowest BCUT2D eigenvalue weighted by atomic mass is 10.0. The Morgan fingerprint density at radius 3 is 2.54 bits per heavy atom. The molecular weight excluding hydrogens is 510 g/mol. The van der Waals surface area contributed by atoms with E-state index in [0.717, 1.165) is 28.1 Å². The van der Waals surface area contributed by atoms with E-state index in [0.29, 0.717) is 21.9 Å². The Bertz CT molecular complexity index is 1580. The molecule has 4 aromatic carbocycles. The Kier molecular flexibility index (Phi) is 6.99. The first kappa shape index (κ1) is 24.6. The first-order chi connectivity index (χ1) is 17.9. The summed E-state index contributed by atoms with van der Waals surface area (Å²) in [7, 11) is 1.48. The second-order valence-electron chi connectivity index (χ2n) is 8.22. The highest BCUT2D eigenvalue weighted by atomic mass is 35.5. The molecule has 2 amide bonds. The van der Waals surface area contributed by atoms with Crippen molar-refractivity contribution in [3.8, 4) is 11.5 Å². The van der Waals surface area contributed by atoms with Gasteiger partial charge >= 0.3 is 5.97 Å². The highest BCUT2D eigenvalue weighted by molar-refractivity contribution is 8.18. The molecule has 1 heterocycles. The number of nitrogens with zero attached hydrogens (tertiary/aromatic N) is 1. The van der Waals surface area contributed by atoms with Crippen LogP contribution in [0.15, 0.2) is 89.8 Å². The van der Waals surface area contributed by atoms with E-state index in [2.05, 4.69) is 0 Å². The minimum absolute atomic E-state index is 0.124. The lowest BCUT2D eigenvalue weighted by Gasteiger charge is -2.12. The fourth-order valence-electron chi connectivity index (χ4n) is 4.03. The predicted molar refractivity (Wildman–Crippen MR) is 145 cm³/mol. The quantitative estimate of drug-likeness (QED) is 0.153. The van der Waals surface area contributed by atoms with E-state index in [1.807, 2.05) is 30.3 Å². The molecule has 0 radical (unpaired) electrons. The van der Waals surface area contributed by atoms with Crippen molar-refractivity contribution in [2.75, 3.05) is 7.11 Å². The molecule has 1 saturated heterocycles. The van der Waals surface area contributed by atoms with E-state index in [-0.39, 0.29) is 22.4 Å². The van der Waals surface area contributed by atoms with Crippen LogP contribution in [0.25, 0.3) is 16.8 Å². The van der Waals surface area contributed by atoms with Gasteiger partial charge in [0.2, 0.25) is 0 Å². The van der Waals surface area contributed by atoms with E-state index in [4.69, 9.17) is 21.1 Å². The number of hydrogen-bond acceptors (Lipinski definition) is 6. The van der Waals surface area contributed by atoms with E-state index >= 15 is 0 Å². The van der Waals surface area contributed by atoms with Gasteiger partial charge in [-0.1, -0.05) is 66.2 Å². The highest BCUT2D eigenvalue weighted by Gasteiger charge is 2.35. The van der Waals surface area contributed by atoms with E-state index in [1.54, 1.807) is 60.7 Å². The number of halogens is 1. The van der Waals surface area contributed by atoms with Gasteiger partial charge in [0.1, 0.15) is 0 Å². The van der Waals surface area contributed by atoms with Gasteiger partial charge in [0.05, 0.1) is 24.1 Å². The zero-order chi connectivity index (χ0) is 25.9. The summed E-state index contributed by atoms with van der Waals surface area (Å²) >= 11 is 6.89. The standard InChI is InChI=1S/C29H20ClNO5S/c1-35-24-13-12-18(15-25(24)36-28(33)23-11-5-8-20-7-2-3-10-22(20)23)16-26-27(32)31(29(34)37-26)17-19-6-4-9-21(30)14-19/h2-16H,17H2,1H3/b26-16-. The lowest BCUT2D eigenvalue weighted by Crippen LogP contribution is -2.27. The number of methoxy groups -OCH3 is 1. The number of hydrogen-bond donors (Lipinski definition) is 0. The summed E-state index contributed by atoms with van der Waals surface area (Å²) in [4.78, 5) is 40.1. The number of fused-ring (bicyclic) bond motifs is 1. The smallest absolute Gasteiger partial charge is 0.344 e. The summed E-state index contributed by atoms with van der Waals surface area (Å²) in [5.41, 5.74) is 1.76. The number of carbonyl (C=O) groups is 3. The number of thioether (sulfide) groups is 1. The second-order valence-corrected chi connectivity index (χ2v) is 9.65. The van der Waals surface area contributed by atoms with Crippen molar-refractivity contribution in [3.05, 3.63) is 112 Å². The van der Waals surface area contributed by atoms with Crippen LogP contribution in [0.4, 0.5) is 4.79 Å². The molecule has 0 saturated carbocycles. The molecule has 4 aromatic rings. The van der Waals surface area contributed by atoms with Gasteiger partial charge in [-0.2, -0.15) is 0 Å². The van der Waals surface area contributed by atoms with Crippen LogP contribution in [0.2, 0.25) is 5.02 Å². The number of carbonyl (C=O) groups excluding carboxylic acids is 3. The Morgan fingerprint density at radius 2 is 1.73 bits per heavy atom. The fraction of sp³-hybridized carbons (Fsp3) is 0.0690. The monoisotopic (exact) mass is 529 g/mol. The molecule has 8 heteroatoms. The Labute approximate surface area is 222 Å². The molecule has 0 atom stereocenters. The Morgan fingerprint density at radius 1 is 0.946 bits per heavy atom. The third-order valence-electron chi connectivity index (χ3n) is 5.80. The van der Waals surface area contributed by atoms with Crippen LogP contribution in [0, 0.1) is 0 Å². The minimum atomic E-state index is -0.533. The van der Waals surface area contributed by atoms with Gasteiger partial charge in [-0.3, -0.25) is 14.5 Å². The SMILES string of the molecule is COc1ccc(/C=C2\SC(=O)N(Cc3cccc(Cl)c3)C2=O)cc1OC(=O)c1cccc2ccccc12. The molecule has 1 aliphatic heterocycles. The van der Waals surface area contributed by atoms with Crippen molar-refractivity contribution < 1.29 is 23.9 Å². The van der Waals surface area contributed by atoms with Crippen LogP contribution >= 0.6 is 23.4 Å². The molecule has 6 nitrogen and oxygen atoms in total. The first-order valence-corrected chi connectivity index (χ1v) is 12.5. The second kappa shape index (κ2) is 10.5. The van der Waals surface area contributed by atoms with Crippen LogP contribution in [0.3, 0.4) is 0 Å². The largest absolute Gasteiger partial charge is 0.493 e. The van der Waals surface area contributed by atoms with Crippen LogP contribution in [-0.2, 0) is 11.3 Å². The summed E-state index contributed by atoms with van der Waals surface area (Å²) < 4.78 is 11.1. The number of rotatable bonds is 6. The van der Waals surface area contributed by atoms with Crippen molar-refractivity contribution >= 4 is 57.3 Å². The minimum Gasteiger partial charge on any atom is -0.493 e. The normalized spacial score (nSPS) is 14.4. The van der Waals surface area contributed by atoms with Crippen molar-refractivity contribution in [2.24, 2.45) is 0 Å². The number of ether oxygens (including phenoxy) is 2. The van der Waals surface area contributed by atoms with E-state index in [1.165, 1.54) is 12.0 Å². The molecule has 1 fully saturated rings. The van der Waals surface area contributed by atoms with Gasteiger partial charge in [0, 0.05) is 5.02 Å². The third-order valence-corrected chi connectivity index (χ3v) is 6.94. The number of amides is 2. The van der Waals surface area contributed by atoms with Gasteiger partial charge in [0.15, 0.2) is 11.5 Å². The lowest BCUT2D eigenvalue weighted by molar-refractivity contribution is -0.123. The molecule has 0 aliphatic carbocycles. The molecule has 0 unspecified atom stereocenters. The van der Waals surface area contributed by atoms with Gasteiger partial charge in [-0.25, -0.2) is 4.79 Å². The van der Waals surface area contributed by atoms with Crippen molar-refractivity contribution in [3.63, 3.8) is 0 Å². The number of benzene rings is 4. The molecule has 0 bridgehead atoms. The van der Waals surface area contributed by atoms with Gasteiger partial charge < -0.3 is 9.47 Å². The van der Waals surface area contributed by atoms with Crippen molar-refractivity contribution in [1.82, 2.24) is 4.90 Å². The van der Waals surface area contributed by atoms with Crippen molar-refractivity contribution in [1.29, 1.82) is 0 Å². The number of imide groups is 1. The van der Waals surface area contributed by atoms with Crippen LogP contribution < -0.4 is 9.47 Å². The maximum atomic E-state index is 13.1. The predicted octanol–water partition coefficient (Wildman–Crippen LogP) is 6.96. The first-order valence-electron chi connectivity index (χ1n) is 11.3. The average molecular weight is 530 g/mol. The molecule has 37 heavy (non-hydrogen) atoms. The summed E-state index contributed by atoms with van der Waals surface area (Å²) in [5.74, 6) is -0.374. The van der Waals surface area contributed by atoms with E-state index in [9.17, 15) is 14.4 Å². The topological polar surface area (TPSA) is 72.9 Å². The summed E-state index contributed by atoms with van der Waals surface area (Å²) in [6, 6.07) is 25.0. The molecule has 5 rings (SSSR count). The van der Waals surface area contributed by atoms with Crippen molar-refractivity contribution in [2.45, 2.75) is 6.54 Å². The molecule has 1 aliphatic rings. The molecule has 0 N–H and O–H groups in total. The Balaban J connectivity index is 1.40. The highest BCUT2D eigenvalue weighted by Crippen LogP contribution is 2.36. The van der Waals surface area contributed by atoms with Crippen LogP contribution in [0.5, 0.6) is 11.5 Å². The third kappa shape index (κ3) is 5.23. The van der Waals surface area contributed by atoms with Gasteiger partial charge in [-0.05, 0) is 70.1 Å². The molecule has 184 valence electrons. The maximum Gasteiger partial charge on any atom is 0.344 e. The van der Waals surface area contributed by atoms with Gasteiger partial charge in [-0.15, -0.1) is 0 Å². The molecule has 0 spiro atoms. The van der Waals surface area contributed by atoms with E-state index < -0.39 is 11.9 Å². The fourth-order valence-corrected chi connectivity index (χ4v) is 5.08. The number of esters is 1. The zero-order valence-electron chi connectivity index (χ0n) is 19.6. The molecular formula is C29H20ClNO5S. The molecule has 0 aromatic heterocycles.